The van der Waals surface area contributed by atoms with Crippen molar-refractivity contribution in [1.29, 1.82) is 0 Å². The van der Waals surface area contributed by atoms with Crippen molar-refractivity contribution >= 4 is 16.0 Å². The molecule has 0 heterocycles. The molecule has 3 N–H and O–H groups in total. The quantitative estimate of drug-likeness (QED) is 0.582. The number of rotatable bonds is 8. The molecule has 1 unspecified atom stereocenters. The minimum Gasteiger partial charge on any atom is -0.480 e. The first-order chi connectivity index (χ1) is 7.62. The van der Waals surface area contributed by atoms with Crippen LogP contribution < -0.4 is 4.72 Å². The maximum atomic E-state index is 11.6. The predicted octanol–water partition coefficient (Wildman–Crippen LogP) is 0.178. The molecule has 0 fully saturated rings. The Balaban J connectivity index is 4.41. The van der Waals surface area contributed by atoms with Gasteiger partial charge in [0.1, 0.15) is 0 Å². The molecule has 0 rings (SSSR count). The molecule has 0 saturated carbocycles. The zero-order valence-electron chi connectivity index (χ0n) is 10.4. The van der Waals surface area contributed by atoms with E-state index in [0.717, 1.165) is 6.92 Å². The van der Waals surface area contributed by atoms with Gasteiger partial charge in [0.2, 0.25) is 10.0 Å². The molecule has 0 amide bonds. The fraction of sp³-hybridized carbons (Fsp3) is 0.900. The highest BCUT2D eigenvalue weighted by atomic mass is 32.2. The van der Waals surface area contributed by atoms with Crippen molar-refractivity contribution in [2.45, 2.75) is 38.9 Å². The van der Waals surface area contributed by atoms with E-state index in [0.29, 0.717) is 12.8 Å². The lowest BCUT2D eigenvalue weighted by molar-refractivity contribution is -0.136. The maximum Gasteiger partial charge on any atom is 0.323 e. The number of aliphatic hydroxyl groups excluding tert-OH is 1. The summed E-state index contributed by atoms with van der Waals surface area (Å²) in [4.78, 5) is 10.6. The van der Waals surface area contributed by atoms with Gasteiger partial charge in [-0.05, 0) is 25.2 Å². The number of carboxylic acid groups (broad SMARTS) is 1. The Bertz CT molecular complexity index is 350. The monoisotopic (exact) mass is 267 g/mol. The first-order valence-electron chi connectivity index (χ1n) is 5.44. The van der Waals surface area contributed by atoms with E-state index in [-0.39, 0.29) is 18.6 Å². The summed E-state index contributed by atoms with van der Waals surface area (Å²) < 4.78 is 25.4. The first kappa shape index (κ1) is 16.3. The Kier molecular flexibility index (Phi) is 6.08. The van der Waals surface area contributed by atoms with E-state index in [9.17, 15) is 13.2 Å². The molecular weight excluding hydrogens is 246 g/mol. The minimum absolute atomic E-state index is 0.0573. The van der Waals surface area contributed by atoms with Gasteiger partial charge < -0.3 is 10.2 Å². The third-order valence-corrected chi connectivity index (χ3v) is 4.26. The average Bonchev–Trinajstić information content (AvgIpc) is 2.23. The lowest BCUT2D eigenvalue weighted by atomic mass is 9.88. The molecule has 0 saturated heterocycles. The van der Waals surface area contributed by atoms with E-state index >= 15 is 0 Å². The molecule has 17 heavy (non-hydrogen) atoms. The molecule has 0 bridgehead atoms. The van der Waals surface area contributed by atoms with Gasteiger partial charge in [-0.25, -0.2) is 13.1 Å². The lowest BCUT2D eigenvalue weighted by Gasteiger charge is -2.25. The number of hydrogen-bond donors (Lipinski definition) is 3. The minimum atomic E-state index is -3.83. The van der Waals surface area contributed by atoms with Crippen LogP contribution >= 0.6 is 0 Å². The molecular formula is C10H21NO5S. The van der Waals surface area contributed by atoms with Crippen molar-refractivity contribution in [3.05, 3.63) is 0 Å². The second kappa shape index (κ2) is 6.32. The molecule has 0 spiro atoms. The van der Waals surface area contributed by atoms with Gasteiger partial charge in [0, 0.05) is 13.2 Å². The highest BCUT2D eigenvalue weighted by Crippen LogP contribution is 2.21. The van der Waals surface area contributed by atoms with Gasteiger partial charge in [0.15, 0.2) is 5.25 Å². The summed E-state index contributed by atoms with van der Waals surface area (Å²) in [5.41, 5.74) is -0.311. The van der Waals surface area contributed by atoms with E-state index in [1.54, 1.807) is 0 Å². The van der Waals surface area contributed by atoms with Gasteiger partial charge in [-0.1, -0.05) is 13.8 Å². The number of sulfonamides is 1. The van der Waals surface area contributed by atoms with Gasteiger partial charge in [0.05, 0.1) is 0 Å². The summed E-state index contributed by atoms with van der Waals surface area (Å²) in [6, 6.07) is 0. The van der Waals surface area contributed by atoms with E-state index in [4.69, 9.17) is 10.2 Å². The number of carboxylic acids is 1. The predicted molar refractivity (Wildman–Crippen MR) is 64.1 cm³/mol. The molecule has 0 aliphatic rings. The molecule has 102 valence electrons. The fourth-order valence-corrected chi connectivity index (χ4v) is 2.31. The van der Waals surface area contributed by atoms with Gasteiger partial charge in [-0.15, -0.1) is 0 Å². The smallest absolute Gasteiger partial charge is 0.323 e. The Morgan fingerprint density at radius 1 is 1.41 bits per heavy atom. The van der Waals surface area contributed by atoms with Gasteiger partial charge in [0.25, 0.3) is 0 Å². The Morgan fingerprint density at radius 3 is 2.35 bits per heavy atom. The van der Waals surface area contributed by atoms with E-state index in [1.807, 2.05) is 13.8 Å². The van der Waals surface area contributed by atoms with E-state index < -0.39 is 21.2 Å². The van der Waals surface area contributed by atoms with Crippen LogP contribution in [0.4, 0.5) is 0 Å². The van der Waals surface area contributed by atoms with Gasteiger partial charge in [-0.2, -0.15) is 0 Å². The molecule has 6 nitrogen and oxygen atoms in total. The van der Waals surface area contributed by atoms with Crippen LogP contribution in [0.1, 0.15) is 33.6 Å². The summed E-state index contributed by atoms with van der Waals surface area (Å²) in [5, 5.41) is 15.9. The van der Waals surface area contributed by atoms with Crippen LogP contribution in [0.2, 0.25) is 0 Å². The van der Waals surface area contributed by atoms with Crippen molar-refractivity contribution in [3.8, 4) is 0 Å². The third kappa shape index (κ3) is 5.99. The zero-order valence-corrected chi connectivity index (χ0v) is 11.2. The molecule has 0 aliphatic heterocycles. The highest BCUT2D eigenvalue weighted by Gasteiger charge is 2.29. The van der Waals surface area contributed by atoms with E-state index in [2.05, 4.69) is 4.72 Å². The van der Waals surface area contributed by atoms with Crippen LogP contribution in [-0.4, -0.2) is 43.0 Å². The van der Waals surface area contributed by atoms with Crippen molar-refractivity contribution in [3.63, 3.8) is 0 Å². The van der Waals surface area contributed by atoms with Gasteiger partial charge in [-0.3, -0.25) is 4.79 Å². The second-order valence-corrected chi connectivity index (χ2v) is 6.92. The first-order valence-corrected chi connectivity index (χ1v) is 6.99. The molecule has 0 aromatic rings. The summed E-state index contributed by atoms with van der Waals surface area (Å²) in [5.74, 6) is -1.37. The molecule has 7 heteroatoms. The Labute approximate surface area is 102 Å². The van der Waals surface area contributed by atoms with Crippen LogP contribution in [-0.2, 0) is 14.8 Å². The van der Waals surface area contributed by atoms with Crippen LogP contribution in [0.25, 0.3) is 0 Å². The SMILES string of the molecule is CC(C(=O)O)S(=O)(=O)NCC(C)(C)CCCO. The largest absolute Gasteiger partial charge is 0.480 e. The van der Waals surface area contributed by atoms with E-state index in [1.165, 1.54) is 0 Å². The lowest BCUT2D eigenvalue weighted by Crippen LogP contribution is -2.41. The standard InChI is InChI=1S/C10H21NO5S/c1-8(9(13)14)17(15,16)11-7-10(2,3)5-4-6-12/h8,11-12H,4-7H2,1-3H3,(H,13,14). The summed E-state index contributed by atoms with van der Waals surface area (Å²) >= 11 is 0. The number of aliphatic hydroxyl groups is 1. The molecule has 1 atom stereocenters. The number of aliphatic carboxylic acids is 1. The van der Waals surface area contributed by atoms with Crippen LogP contribution in [0, 0.1) is 5.41 Å². The van der Waals surface area contributed by atoms with Crippen molar-refractivity contribution in [2.24, 2.45) is 5.41 Å². The maximum absolute atomic E-state index is 11.6. The number of carbonyl (C=O) groups is 1. The normalized spacial score (nSPS) is 14.6. The van der Waals surface area contributed by atoms with Crippen LogP contribution in [0.5, 0.6) is 0 Å². The van der Waals surface area contributed by atoms with Crippen LogP contribution in [0.3, 0.4) is 0 Å². The number of hydrogen-bond acceptors (Lipinski definition) is 4. The fourth-order valence-electron chi connectivity index (χ4n) is 1.20. The second-order valence-electron chi connectivity index (χ2n) is 4.84. The molecule has 0 radical (unpaired) electrons. The summed E-state index contributed by atoms with van der Waals surface area (Å²) in [6.07, 6.45) is 1.25. The van der Waals surface area contributed by atoms with Crippen molar-refractivity contribution < 1.29 is 23.4 Å². The van der Waals surface area contributed by atoms with Crippen molar-refractivity contribution in [1.82, 2.24) is 4.72 Å². The van der Waals surface area contributed by atoms with Crippen LogP contribution in [0.15, 0.2) is 0 Å². The topological polar surface area (TPSA) is 104 Å². The Morgan fingerprint density at radius 2 is 1.94 bits per heavy atom. The number of nitrogens with one attached hydrogen (secondary N) is 1. The summed E-state index contributed by atoms with van der Waals surface area (Å²) in [7, 11) is -3.83. The molecule has 0 aromatic carbocycles. The Hall–Kier alpha value is -0.660. The third-order valence-electron chi connectivity index (χ3n) is 2.58. The summed E-state index contributed by atoms with van der Waals surface area (Å²) in [6.45, 7) is 5.06. The van der Waals surface area contributed by atoms with Gasteiger partial charge >= 0.3 is 5.97 Å². The highest BCUT2D eigenvalue weighted by molar-refractivity contribution is 7.90. The zero-order chi connectivity index (χ0) is 13.7. The molecule has 0 aliphatic carbocycles. The van der Waals surface area contributed by atoms with Crippen molar-refractivity contribution in [2.75, 3.05) is 13.2 Å². The average molecular weight is 267 g/mol. The molecule has 0 aromatic heterocycles.